The molecule has 19 heteroatoms. The normalized spacial score (nSPS) is 13.1. The lowest BCUT2D eigenvalue weighted by Gasteiger charge is -2.18. The van der Waals surface area contributed by atoms with Gasteiger partial charge in [0.05, 0.1) is 32.1 Å². The number of nitrogens with one attached hydrogen (secondary N) is 1. The van der Waals surface area contributed by atoms with Crippen LogP contribution in [0.5, 0.6) is 5.19 Å². The Bertz CT molecular complexity index is 3060. The number of nitrogens with zero attached hydrogens (tertiary/aromatic N) is 9. The van der Waals surface area contributed by atoms with E-state index in [9.17, 15) is 4.79 Å². The molecule has 508 valence electrons. The number of thiazole rings is 7. The highest BCUT2D eigenvalue weighted by Crippen LogP contribution is 2.34. The smallest absolute Gasteiger partial charge is 0.273 e. The number of hydrogen-bond acceptors (Lipinski definition) is 18. The van der Waals surface area contributed by atoms with Crippen molar-refractivity contribution in [2.24, 2.45) is 20.8 Å². The molecule has 7 aromatic rings. The first-order chi connectivity index (χ1) is 41.3. The van der Waals surface area contributed by atoms with Crippen LogP contribution in [-0.2, 0) is 42.7 Å². The molecule has 2 aliphatic heterocycles. The maximum absolute atomic E-state index is 10.7. The standard InChI is InChI=1S/C9H14N2OS.C9H15NOS.3C8H13NS.2C8H13N.2C7H11NS/c1-6(12)11-8-10-5-7(13-8)9(2,3)4;1-5-11-8-10-6-7(12-8)9(2,3)4;1-6-9-5-7(10-6)8(2,3)4;1-6-5-10-7(9-6)8(2,3)4;1-6-5-9-7(10-6)8(2,3)4;1-8(2,3)7-4-5-9-6-7;1-8(2,3)7-5-4-6-9-7;1-7(2,3)6-4-8-5-9-6;1-7(2,3)6-8-4-5-9-6/h5H,1-4H3,(H,10,11,12);6H,5H2,1-4H3;3*5H,1-4H3;5-6H,4H2,1-3H3;4,6H,5H2,1-3H3;2*4-5H,1-3H3. The van der Waals surface area contributed by atoms with Crippen LogP contribution in [0.2, 0.25) is 0 Å². The van der Waals surface area contributed by atoms with E-state index >= 15 is 0 Å². The Kier molecular flexibility index (Phi) is 34.3. The molecule has 0 unspecified atom stereocenters. The summed E-state index contributed by atoms with van der Waals surface area (Å²) in [6, 6.07) is 0. The van der Waals surface area contributed by atoms with Gasteiger partial charge >= 0.3 is 0 Å². The van der Waals surface area contributed by atoms with E-state index in [1.807, 2.05) is 87.5 Å². The predicted octanol–water partition coefficient (Wildman–Crippen LogP) is 23.1. The molecule has 0 bridgehead atoms. The van der Waals surface area contributed by atoms with Crippen molar-refractivity contribution in [1.29, 1.82) is 0 Å². The fourth-order valence-electron chi connectivity index (χ4n) is 6.62. The Labute approximate surface area is 580 Å². The molecule has 7 aromatic heterocycles. The minimum Gasteiger partial charge on any atom is -0.470 e. The van der Waals surface area contributed by atoms with Crippen molar-refractivity contribution in [2.75, 3.05) is 11.9 Å². The Morgan fingerprint density at radius 1 is 0.527 bits per heavy atom. The molecule has 0 saturated carbocycles. The second-order valence-electron chi connectivity index (χ2n) is 31.3. The molecular formula is C72H116N10O2S7. The summed E-state index contributed by atoms with van der Waals surface area (Å²) in [5.41, 5.74) is 7.83. The molecule has 91 heavy (non-hydrogen) atoms. The van der Waals surface area contributed by atoms with Crippen LogP contribution < -0.4 is 10.1 Å². The summed E-state index contributed by atoms with van der Waals surface area (Å²) in [6.07, 6.45) is 21.4. The molecule has 2 aliphatic rings. The average molecular weight is 1380 g/mol. The largest absolute Gasteiger partial charge is 0.470 e. The molecule has 1 N–H and O–H groups in total. The van der Waals surface area contributed by atoms with Crippen LogP contribution in [0.4, 0.5) is 5.13 Å². The lowest BCUT2D eigenvalue weighted by Crippen LogP contribution is -2.17. The Morgan fingerprint density at radius 2 is 1.07 bits per heavy atom. The summed E-state index contributed by atoms with van der Waals surface area (Å²) in [7, 11) is 0. The van der Waals surface area contributed by atoms with Gasteiger partial charge in [-0.3, -0.25) is 19.8 Å². The highest BCUT2D eigenvalue weighted by Gasteiger charge is 2.23. The van der Waals surface area contributed by atoms with Gasteiger partial charge in [-0.2, -0.15) is 0 Å². The minimum atomic E-state index is -0.0743. The van der Waals surface area contributed by atoms with Crippen LogP contribution in [-0.4, -0.2) is 59.3 Å². The third-order valence-corrected chi connectivity index (χ3v) is 21.4. The number of carbonyl (C=O) groups excluding carboxylic acids is 1. The molecule has 0 fully saturated rings. The van der Waals surface area contributed by atoms with Gasteiger partial charge in [0.15, 0.2) is 5.13 Å². The van der Waals surface area contributed by atoms with Gasteiger partial charge in [0, 0.05) is 144 Å². The second-order valence-corrected chi connectivity index (χ2v) is 38.4. The van der Waals surface area contributed by atoms with E-state index in [1.54, 1.807) is 68.0 Å². The topological polar surface area (TPSA) is 153 Å². The lowest BCUT2D eigenvalue weighted by atomic mass is 9.86. The number of allylic oxidation sites excluding steroid dienone is 2. The third kappa shape index (κ3) is 35.5. The van der Waals surface area contributed by atoms with E-state index in [0.717, 1.165) is 28.7 Å². The maximum Gasteiger partial charge on any atom is 0.273 e. The minimum absolute atomic E-state index is 0.0743. The quantitative estimate of drug-likeness (QED) is 0.182. The van der Waals surface area contributed by atoms with Crippen molar-refractivity contribution in [3.63, 3.8) is 0 Å². The van der Waals surface area contributed by atoms with E-state index in [0.29, 0.717) is 17.2 Å². The molecule has 0 aliphatic carbocycles. The van der Waals surface area contributed by atoms with E-state index in [1.165, 1.54) is 69.0 Å². The van der Waals surface area contributed by atoms with E-state index < -0.39 is 0 Å². The highest BCUT2D eigenvalue weighted by molar-refractivity contribution is 7.16. The molecule has 0 saturated heterocycles. The van der Waals surface area contributed by atoms with E-state index in [2.05, 4.69) is 256 Å². The number of carbonyl (C=O) groups is 1. The first kappa shape index (κ1) is 84.5. The van der Waals surface area contributed by atoms with Crippen molar-refractivity contribution >= 4 is 102 Å². The summed E-state index contributed by atoms with van der Waals surface area (Å²) < 4.78 is 5.29. The molecule has 9 heterocycles. The summed E-state index contributed by atoms with van der Waals surface area (Å²) >= 11 is 11.9. The van der Waals surface area contributed by atoms with Crippen molar-refractivity contribution in [1.82, 2.24) is 34.9 Å². The average Bonchev–Trinajstić information content (AvgIpc) is 2.28. The van der Waals surface area contributed by atoms with Crippen LogP contribution in [0.1, 0.15) is 264 Å². The Morgan fingerprint density at radius 3 is 1.33 bits per heavy atom. The molecule has 1 amide bonds. The van der Waals surface area contributed by atoms with Crippen LogP contribution >= 0.6 is 79.4 Å². The number of aromatic nitrogens is 7. The van der Waals surface area contributed by atoms with Crippen molar-refractivity contribution in [3.8, 4) is 5.19 Å². The lowest BCUT2D eigenvalue weighted by molar-refractivity contribution is -0.114. The number of ether oxygens (including phenoxy) is 1. The molecule has 0 atom stereocenters. The van der Waals surface area contributed by atoms with Crippen LogP contribution in [0, 0.1) is 31.6 Å². The number of rotatable bonds is 3. The zero-order valence-electron chi connectivity index (χ0n) is 61.8. The number of hydrogen-bond donors (Lipinski definition) is 1. The van der Waals surface area contributed by atoms with Gasteiger partial charge < -0.3 is 10.1 Å². The fourth-order valence-corrected chi connectivity index (χ4v) is 12.4. The first-order valence-electron chi connectivity index (χ1n) is 31.2. The van der Waals surface area contributed by atoms with Gasteiger partial charge in [-0.1, -0.05) is 204 Å². The number of amides is 1. The van der Waals surface area contributed by atoms with Crippen LogP contribution in [0.25, 0.3) is 0 Å². The fraction of sp³-hybridized carbons (Fsp3) is 0.611. The van der Waals surface area contributed by atoms with Gasteiger partial charge in [-0.15, -0.1) is 68.0 Å². The summed E-state index contributed by atoms with van der Waals surface area (Å²) in [5, 5.41) is 13.1. The Hall–Kier alpha value is -4.50. The highest BCUT2D eigenvalue weighted by atomic mass is 32.1. The van der Waals surface area contributed by atoms with Gasteiger partial charge in [-0.25, -0.2) is 29.9 Å². The zero-order chi connectivity index (χ0) is 70.2. The first-order valence-corrected chi connectivity index (χ1v) is 37.1. The molecule has 0 spiro atoms. The SMILES string of the molecule is CC(=O)Nc1ncc(C(C)(C)C)s1.CC(C)(C)C1=CN=CC1.CC(C)(C)C1=NC=CC1.CC(C)(C)c1cncs1.CC(C)(C)c1nccs1.CCOc1ncc(C(C)(C)C)s1.Cc1cnc(C(C)(C)C)s1.Cc1csc(C(C)(C)C)n1.Cc1ncc(C(C)(C)C)s1. The predicted molar refractivity (Wildman–Crippen MR) is 407 cm³/mol. The monoisotopic (exact) mass is 1380 g/mol. The van der Waals surface area contributed by atoms with Gasteiger partial charge in [-0.05, 0) is 60.3 Å². The molecule has 0 radical (unpaired) electrons. The molecular weight excluding hydrogens is 1260 g/mol. The molecule has 0 aromatic carbocycles. The summed E-state index contributed by atoms with van der Waals surface area (Å²) in [6.45, 7) is 69.3. The maximum atomic E-state index is 10.7. The van der Waals surface area contributed by atoms with Gasteiger partial charge in [0.1, 0.15) is 0 Å². The van der Waals surface area contributed by atoms with Crippen molar-refractivity contribution in [2.45, 2.75) is 272 Å². The molecule has 12 nitrogen and oxygen atoms in total. The third-order valence-electron chi connectivity index (χ3n) is 12.3. The summed E-state index contributed by atoms with van der Waals surface area (Å²) in [4.78, 5) is 54.9. The van der Waals surface area contributed by atoms with Crippen molar-refractivity contribution < 1.29 is 9.53 Å². The van der Waals surface area contributed by atoms with Crippen LogP contribution in [0.3, 0.4) is 0 Å². The number of anilines is 1. The number of aliphatic imine (C=N–C) groups is 2. The zero-order valence-corrected chi connectivity index (χ0v) is 67.5. The van der Waals surface area contributed by atoms with E-state index in [-0.39, 0.29) is 49.2 Å². The van der Waals surface area contributed by atoms with Crippen LogP contribution in [0.15, 0.2) is 87.5 Å². The summed E-state index contributed by atoms with van der Waals surface area (Å²) in [5.74, 6) is -0.0743. The van der Waals surface area contributed by atoms with E-state index in [4.69, 9.17) is 4.74 Å². The number of aryl methyl sites for hydroxylation is 3. The van der Waals surface area contributed by atoms with Gasteiger partial charge in [0.25, 0.3) is 5.19 Å². The second kappa shape index (κ2) is 37.0. The van der Waals surface area contributed by atoms with Crippen molar-refractivity contribution in [3.05, 3.63) is 128 Å². The van der Waals surface area contributed by atoms with Gasteiger partial charge in [0.2, 0.25) is 5.91 Å². The Balaban J connectivity index is 0.000000513. The molecule has 9 rings (SSSR count).